The van der Waals surface area contributed by atoms with E-state index in [2.05, 4.69) is 10.3 Å². The molecule has 2 heterocycles. The predicted octanol–water partition coefficient (Wildman–Crippen LogP) is 5.04. The zero-order valence-electron chi connectivity index (χ0n) is 12.9. The Balaban J connectivity index is 2.40. The second kappa shape index (κ2) is 7.26. The third kappa shape index (κ3) is 4.60. The monoisotopic (exact) mass is 405 g/mol. The number of carbonyl (C=O) groups is 1. The van der Waals surface area contributed by atoms with Crippen molar-refractivity contribution in [3.05, 3.63) is 43.5 Å². The average Bonchev–Trinajstić information content (AvgIpc) is 2.85. The fourth-order valence-electron chi connectivity index (χ4n) is 1.67. The standard InChI is InChI=1S/C14H13Cl2N3O3S2/c1-14(2,3)18-12(20)10-4-9(19(21)22)13(23-10)24-11-7(15)5-17-6-8(11)16/h4-6H,1-3H3,(H,18,20). The van der Waals surface area contributed by atoms with Crippen LogP contribution in [0.15, 0.2) is 27.6 Å². The third-order valence-electron chi connectivity index (χ3n) is 2.59. The van der Waals surface area contributed by atoms with Crippen LogP contribution >= 0.6 is 46.3 Å². The Morgan fingerprint density at radius 3 is 2.42 bits per heavy atom. The van der Waals surface area contributed by atoms with Gasteiger partial charge in [-0.05, 0) is 20.8 Å². The molecule has 2 aromatic rings. The van der Waals surface area contributed by atoms with Crippen LogP contribution < -0.4 is 5.32 Å². The van der Waals surface area contributed by atoms with E-state index in [0.29, 0.717) is 9.10 Å². The van der Waals surface area contributed by atoms with Gasteiger partial charge in [0, 0.05) is 24.0 Å². The fraction of sp³-hybridized carbons (Fsp3) is 0.286. The number of pyridine rings is 1. The summed E-state index contributed by atoms with van der Waals surface area (Å²) >= 11 is 14.2. The first-order chi connectivity index (χ1) is 11.1. The minimum atomic E-state index is -0.532. The minimum Gasteiger partial charge on any atom is -0.347 e. The summed E-state index contributed by atoms with van der Waals surface area (Å²) < 4.78 is 0.328. The summed E-state index contributed by atoms with van der Waals surface area (Å²) in [5.41, 5.74) is -0.603. The van der Waals surface area contributed by atoms with Crippen molar-refractivity contribution >= 4 is 57.9 Å². The van der Waals surface area contributed by atoms with E-state index < -0.39 is 10.5 Å². The van der Waals surface area contributed by atoms with Gasteiger partial charge in [0.25, 0.3) is 11.6 Å². The molecule has 1 amide bonds. The highest BCUT2D eigenvalue weighted by molar-refractivity contribution is 8.01. The number of rotatable bonds is 4. The van der Waals surface area contributed by atoms with E-state index in [0.717, 1.165) is 23.1 Å². The first-order valence-corrected chi connectivity index (χ1v) is 9.05. The predicted molar refractivity (Wildman–Crippen MR) is 96.6 cm³/mol. The Labute approximate surface area is 156 Å². The summed E-state index contributed by atoms with van der Waals surface area (Å²) in [6.07, 6.45) is 2.81. The number of hydrogen-bond donors (Lipinski definition) is 1. The minimum absolute atomic E-state index is 0.159. The van der Waals surface area contributed by atoms with Gasteiger partial charge < -0.3 is 5.32 Å². The smallest absolute Gasteiger partial charge is 0.294 e. The second-order valence-corrected chi connectivity index (χ2v) is 8.92. The molecule has 0 aromatic carbocycles. The molecule has 0 atom stereocenters. The molecule has 0 aliphatic carbocycles. The van der Waals surface area contributed by atoms with Gasteiger partial charge in [-0.2, -0.15) is 0 Å². The fourth-order valence-corrected chi connectivity index (χ4v) is 4.43. The van der Waals surface area contributed by atoms with Gasteiger partial charge >= 0.3 is 0 Å². The molecule has 2 rings (SSSR count). The molecule has 10 heteroatoms. The molecule has 0 saturated heterocycles. The number of aromatic nitrogens is 1. The zero-order chi connectivity index (χ0) is 18.1. The number of nitrogens with zero attached hydrogens (tertiary/aromatic N) is 2. The summed E-state index contributed by atoms with van der Waals surface area (Å²) in [6.45, 7) is 5.50. The van der Waals surface area contributed by atoms with Crippen LogP contribution in [-0.4, -0.2) is 21.4 Å². The molecule has 0 bridgehead atoms. The van der Waals surface area contributed by atoms with Crippen LogP contribution in [-0.2, 0) is 0 Å². The number of nitrogens with one attached hydrogen (secondary N) is 1. The van der Waals surface area contributed by atoms with Crippen molar-refractivity contribution in [1.29, 1.82) is 0 Å². The van der Waals surface area contributed by atoms with E-state index in [1.54, 1.807) is 0 Å². The van der Waals surface area contributed by atoms with Gasteiger partial charge in [0.1, 0.15) is 9.09 Å². The Morgan fingerprint density at radius 2 is 1.92 bits per heavy atom. The molecule has 24 heavy (non-hydrogen) atoms. The van der Waals surface area contributed by atoms with Gasteiger partial charge in [-0.1, -0.05) is 35.0 Å². The number of thiophene rings is 1. The first-order valence-electron chi connectivity index (χ1n) is 6.66. The number of hydrogen-bond acceptors (Lipinski definition) is 6. The molecular formula is C14H13Cl2N3O3S2. The van der Waals surface area contributed by atoms with Crippen LogP contribution in [0.4, 0.5) is 5.69 Å². The lowest BCUT2D eigenvalue weighted by molar-refractivity contribution is -0.387. The van der Waals surface area contributed by atoms with Crippen molar-refractivity contribution < 1.29 is 9.72 Å². The topological polar surface area (TPSA) is 85.1 Å². The molecule has 0 fully saturated rings. The van der Waals surface area contributed by atoms with Crippen LogP contribution in [0.1, 0.15) is 30.4 Å². The van der Waals surface area contributed by atoms with E-state index in [9.17, 15) is 14.9 Å². The van der Waals surface area contributed by atoms with Crippen molar-refractivity contribution in [3.8, 4) is 0 Å². The molecule has 6 nitrogen and oxygen atoms in total. The SMILES string of the molecule is CC(C)(C)NC(=O)c1cc([N+](=O)[O-])c(Sc2c(Cl)cncc2Cl)s1. The Bertz CT molecular complexity index is 783. The van der Waals surface area contributed by atoms with Crippen LogP contribution in [0.2, 0.25) is 10.0 Å². The van der Waals surface area contributed by atoms with Gasteiger partial charge in [0.05, 0.1) is 19.9 Å². The van der Waals surface area contributed by atoms with Gasteiger partial charge in [-0.25, -0.2) is 0 Å². The molecule has 0 aliphatic rings. The van der Waals surface area contributed by atoms with E-state index in [4.69, 9.17) is 23.2 Å². The van der Waals surface area contributed by atoms with Crippen LogP contribution in [0.5, 0.6) is 0 Å². The molecule has 0 unspecified atom stereocenters. The maximum atomic E-state index is 12.2. The Hall–Kier alpha value is -1.35. The summed E-state index contributed by atoms with van der Waals surface area (Å²) in [6, 6.07) is 1.26. The molecular weight excluding hydrogens is 393 g/mol. The highest BCUT2D eigenvalue weighted by atomic mass is 35.5. The van der Waals surface area contributed by atoms with E-state index >= 15 is 0 Å². The summed E-state index contributed by atoms with van der Waals surface area (Å²) in [7, 11) is 0. The summed E-state index contributed by atoms with van der Waals surface area (Å²) in [4.78, 5) is 27.6. The van der Waals surface area contributed by atoms with Crippen LogP contribution in [0, 0.1) is 10.1 Å². The van der Waals surface area contributed by atoms with Crippen molar-refractivity contribution in [2.24, 2.45) is 0 Å². The van der Waals surface area contributed by atoms with Gasteiger partial charge in [-0.3, -0.25) is 19.9 Å². The molecule has 2 aromatic heterocycles. The molecule has 128 valence electrons. The Kier molecular flexibility index (Phi) is 5.74. The molecule has 0 aliphatic heterocycles. The van der Waals surface area contributed by atoms with Crippen molar-refractivity contribution in [1.82, 2.24) is 10.3 Å². The lowest BCUT2D eigenvalue weighted by Crippen LogP contribution is -2.40. The third-order valence-corrected chi connectivity index (χ3v) is 5.85. The van der Waals surface area contributed by atoms with Crippen molar-refractivity contribution in [3.63, 3.8) is 0 Å². The quantitative estimate of drug-likeness (QED) is 0.568. The molecule has 1 N–H and O–H groups in total. The summed E-state index contributed by atoms with van der Waals surface area (Å²) in [5.74, 6) is -0.366. The highest BCUT2D eigenvalue weighted by Gasteiger charge is 2.26. The van der Waals surface area contributed by atoms with Crippen LogP contribution in [0.25, 0.3) is 0 Å². The normalized spacial score (nSPS) is 11.4. The van der Waals surface area contributed by atoms with E-state index in [-0.39, 0.29) is 26.5 Å². The molecule has 0 saturated carbocycles. The van der Waals surface area contributed by atoms with Gasteiger partial charge in [0.2, 0.25) is 0 Å². The van der Waals surface area contributed by atoms with Crippen molar-refractivity contribution in [2.45, 2.75) is 35.4 Å². The zero-order valence-corrected chi connectivity index (χ0v) is 16.1. The van der Waals surface area contributed by atoms with Gasteiger partial charge in [-0.15, -0.1) is 11.3 Å². The number of carbonyl (C=O) groups excluding carboxylic acids is 1. The average molecular weight is 406 g/mol. The van der Waals surface area contributed by atoms with E-state index in [1.165, 1.54) is 18.5 Å². The number of nitro groups is 1. The maximum Gasteiger partial charge on any atom is 0.294 e. The number of halogens is 2. The summed E-state index contributed by atoms with van der Waals surface area (Å²) in [5, 5.41) is 14.6. The maximum absolute atomic E-state index is 12.2. The second-order valence-electron chi connectivity index (χ2n) is 5.78. The van der Waals surface area contributed by atoms with Crippen molar-refractivity contribution in [2.75, 3.05) is 0 Å². The lowest BCUT2D eigenvalue weighted by atomic mass is 10.1. The first kappa shape index (κ1) is 19.0. The molecule has 0 radical (unpaired) electrons. The highest BCUT2D eigenvalue weighted by Crippen LogP contribution is 2.45. The number of amides is 1. The largest absolute Gasteiger partial charge is 0.347 e. The Morgan fingerprint density at radius 1 is 1.33 bits per heavy atom. The van der Waals surface area contributed by atoms with Crippen LogP contribution in [0.3, 0.4) is 0 Å². The molecule has 0 spiro atoms. The van der Waals surface area contributed by atoms with Gasteiger partial charge in [0.15, 0.2) is 0 Å². The van der Waals surface area contributed by atoms with E-state index in [1.807, 2.05) is 20.8 Å². The lowest BCUT2D eigenvalue weighted by Gasteiger charge is -2.19.